The maximum Gasteiger partial charge on any atom is 0.251 e. The average molecular weight is 536 g/mol. The number of nitrogens with one attached hydrogen (secondary N) is 1. The van der Waals surface area contributed by atoms with E-state index < -0.39 is 15.9 Å². The van der Waals surface area contributed by atoms with E-state index in [-0.39, 0.29) is 12.3 Å². The van der Waals surface area contributed by atoms with E-state index in [0.29, 0.717) is 68.8 Å². The van der Waals surface area contributed by atoms with Crippen molar-refractivity contribution >= 4 is 21.6 Å². The van der Waals surface area contributed by atoms with Crippen LogP contribution in [0.1, 0.15) is 31.1 Å². The van der Waals surface area contributed by atoms with E-state index >= 15 is 0 Å². The third kappa shape index (κ3) is 7.42. The zero-order valence-corrected chi connectivity index (χ0v) is 22.8. The topological polar surface area (TPSA) is 107 Å². The van der Waals surface area contributed by atoms with Crippen LogP contribution in [-0.2, 0) is 10.0 Å². The van der Waals surface area contributed by atoms with Gasteiger partial charge in [-0.25, -0.2) is 8.42 Å². The number of hydrogen-bond acceptors (Lipinski definition) is 8. The highest BCUT2D eigenvalue weighted by molar-refractivity contribution is 7.89. The molecule has 1 fully saturated rings. The summed E-state index contributed by atoms with van der Waals surface area (Å²) < 4.78 is 49.5. The number of amides is 1. The van der Waals surface area contributed by atoms with Gasteiger partial charge in [0.1, 0.15) is 5.75 Å². The molecule has 3 rings (SSSR count). The first-order valence-corrected chi connectivity index (χ1v) is 14.1. The zero-order valence-electron chi connectivity index (χ0n) is 22.0. The monoisotopic (exact) mass is 535 g/mol. The van der Waals surface area contributed by atoms with E-state index in [1.165, 1.54) is 4.31 Å². The van der Waals surface area contributed by atoms with Crippen molar-refractivity contribution in [1.29, 1.82) is 0 Å². The van der Waals surface area contributed by atoms with Crippen LogP contribution in [0, 0.1) is 0 Å². The molecule has 1 aliphatic heterocycles. The molecule has 2 aromatic rings. The standard InChI is InChI=1S/C26H37N3O7S/c1-5-34-23-18-20(19-24(35-6-2)25(23)36-7-3)26(30)27-12-17-37(31,32)29-15-13-28(14-16-29)21-8-10-22(33-4)11-9-21/h8-11,18-19H,5-7,12-17H2,1-4H3,(H,27,30). The lowest BCUT2D eigenvalue weighted by Crippen LogP contribution is -2.50. The number of hydrogen-bond donors (Lipinski definition) is 1. The number of anilines is 1. The highest BCUT2D eigenvalue weighted by Gasteiger charge is 2.27. The van der Waals surface area contributed by atoms with Crippen molar-refractivity contribution < 1.29 is 32.2 Å². The highest BCUT2D eigenvalue weighted by atomic mass is 32.2. The molecule has 0 spiro atoms. The summed E-state index contributed by atoms with van der Waals surface area (Å²) in [6, 6.07) is 10.9. The summed E-state index contributed by atoms with van der Waals surface area (Å²) in [6.07, 6.45) is 0. The quantitative estimate of drug-likeness (QED) is 0.417. The molecule has 1 aliphatic rings. The van der Waals surface area contributed by atoms with Crippen molar-refractivity contribution in [1.82, 2.24) is 9.62 Å². The minimum absolute atomic E-state index is 0.0129. The van der Waals surface area contributed by atoms with Crippen molar-refractivity contribution in [2.24, 2.45) is 0 Å². The van der Waals surface area contributed by atoms with E-state index in [4.69, 9.17) is 18.9 Å². The molecular formula is C26H37N3O7S. The molecule has 1 N–H and O–H groups in total. The number of benzene rings is 2. The number of sulfonamides is 1. The molecule has 37 heavy (non-hydrogen) atoms. The molecule has 0 saturated carbocycles. The van der Waals surface area contributed by atoms with Gasteiger partial charge in [0, 0.05) is 44.0 Å². The van der Waals surface area contributed by atoms with E-state index in [1.54, 1.807) is 19.2 Å². The summed E-state index contributed by atoms with van der Waals surface area (Å²) in [7, 11) is -1.90. The lowest BCUT2D eigenvalue weighted by atomic mass is 10.1. The van der Waals surface area contributed by atoms with Crippen molar-refractivity contribution in [2.45, 2.75) is 20.8 Å². The van der Waals surface area contributed by atoms with E-state index in [2.05, 4.69) is 10.2 Å². The molecule has 0 atom stereocenters. The Morgan fingerprint density at radius 1 is 0.892 bits per heavy atom. The van der Waals surface area contributed by atoms with Gasteiger partial charge >= 0.3 is 0 Å². The van der Waals surface area contributed by atoms with Crippen LogP contribution in [0.25, 0.3) is 0 Å². The van der Waals surface area contributed by atoms with Crippen LogP contribution in [0.5, 0.6) is 23.0 Å². The van der Waals surface area contributed by atoms with Crippen LogP contribution in [0.4, 0.5) is 5.69 Å². The molecule has 0 radical (unpaired) electrons. The zero-order chi connectivity index (χ0) is 26.8. The van der Waals surface area contributed by atoms with Crippen LogP contribution in [0.2, 0.25) is 0 Å². The van der Waals surface area contributed by atoms with Gasteiger partial charge in [0.2, 0.25) is 15.8 Å². The molecule has 0 bridgehead atoms. The number of nitrogens with zero attached hydrogens (tertiary/aromatic N) is 2. The number of carbonyl (C=O) groups excluding carboxylic acids is 1. The fraction of sp³-hybridized carbons (Fsp3) is 0.500. The Morgan fingerprint density at radius 2 is 1.46 bits per heavy atom. The Morgan fingerprint density at radius 3 is 1.97 bits per heavy atom. The third-order valence-corrected chi connectivity index (χ3v) is 7.76. The summed E-state index contributed by atoms with van der Waals surface area (Å²) in [5, 5.41) is 2.71. The van der Waals surface area contributed by atoms with Gasteiger partial charge in [0.05, 0.1) is 32.7 Å². The van der Waals surface area contributed by atoms with Crippen molar-refractivity contribution in [2.75, 3.05) is 70.3 Å². The van der Waals surface area contributed by atoms with Crippen LogP contribution in [0.3, 0.4) is 0 Å². The molecule has 11 heteroatoms. The Kier molecular flexibility index (Phi) is 10.3. The fourth-order valence-electron chi connectivity index (χ4n) is 4.06. The second-order valence-electron chi connectivity index (χ2n) is 8.26. The molecular weight excluding hydrogens is 498 g/mol. The van der Waals surface area contributed by atoms with Gasteiger partial charge in [-0.05, 0) is 57.2 Å². The first kappa shape index (κ1) is 28.4. The lowest BCUT2D eigenvalue weighted by molar-refractivity contribution is 0.0955. The van der Waals surface area contributed by atoms with Crippen molar-refractivity contribution in [3.63, 3.8) is 0 Å². The minimum atomic E-state index is -3.52. The van der Waals surface area contributed by atoms with Crippen LogP contribution in [0.15, 0.2) is 36.4 Å². The molecule has 2 aromatic carbocycles. The van der Waals surface area contributed by atoms with Crippen LogP contribution < -0.4 is 29.2 Å². The molecule has 1 heterocycles. The summed E-state index contributed by atoms with van der Waals surface area (Å²) in [5.74, 6) is 1.43. The maximum atomic E-state index is 12.9. The second kappa shape index (κ2) is 13.4. The van der Waals surface area contributed by atoms with Gasteiger partial charge in [-0.3, -0.25) is 4.79 Å². The highest BCUT2D eigenvalue weighted by Crippen LogP contribution is 2.39. The average Bonchev–Trinajstić information content (AvgIpc) is 2.90. The summed E-state index contributed by atoms with van der Waals surface area (Å²) in [6.45, 7) is 8.66. The predicted molar refractivity (Wildman–Crippen MR) is 143 cm³/mol. The maximum absolute atomic E-state index is 12.9. The van der Waals surface area contributed by atoms with Gasteiger partial charge in [-0.1, -0.05) is 0 Å². The number of piperazine rings is 1. The van der Waals surface area contributed by atoms with E-state index in [1.807, 2.05) is 45.0 Å². The van der Waals surface area contributed by atoms with Gasteiger partial charge in [0.15, 0.2) is 11.5 Å². The Balaban J connectivity index is 1.57. The summed E-state index contributed by atoms with van der Waals surface area (Å²) in [5.41, 5.74) is 1.33. The lowest BCUT2D eigenvalue weighted by Gasteiger charge is -2.35. The first-order valence-electron chi connectivity index (χ1n) is 12.5. The molecule has 0 unspecified atom stereocenters. The molecule has 0 aromatic heterocycles. The SMILES string of the molecule is CCOc1cc(C(=O)NCCS(=O)(=O)N2CCN(c3ccc(OC)cc3)CC2)cc(OCC)c1OCC. The van der Waals surface area contributed by atoms with Gasteiger partial charge in [-0.15, -0.1) is 0 Å². The van der Waals surface area contributed by atoms with Gasteiger partial charge < -0.3 is 29.2 Å². The van der Waals surface area contributed by atoms with Crippen molar-refractivity contribution in [3.05, 3.63) is 42.0 Å². The number of ether oxygens (including phenoxy) is 4. The molecule has 1 saturated heterocycles. The van der Waals surface area contributed by atoms with Crippen molar-refractivity contribution in [3.8, 4) is 23.0 Å². The molecule has 1 amide bonds. The van der Waals surface area contributed by atoms with Crippen LogP contribution in [-0.4, -0.2) is 84.0 Å². The number of carbonyl (C=O) groups is 1. The normalized spacial score (nSPS) is 14.2. The van der Waals surface area contributed by atoms with Gasteiger partial charge in [-0.2, -0.15) is 4.31 Å². The summed E-state index contributed by atoms with van der Waals surface area (Å²) in [4.78, 5) is 15.0. The Labute approximate surface area is 219 Å². The largest absolute Gasteiger partial charge is 0.497 e. The molecule has 0 aliphatic carbocycles. The molecule has 204 valence electrons. The predicted octanol–water partition coefficient (Wildman–Crippen LogP) is 2.77. The Bertz CT molecular complexity index is 1100. The first-order chi connectivity index (χ1) is 17.8. The van der Waals surface area contributed by atoms with Crippen LogP contribution >= 0.6 is 0 Å². The molecule has 10 nitrogen and oxygen atoms in total. The van der Waals surface area contributed by atoms with Gasteiger partial charge in [0.25, 0.3) is 5.91 Å². The number of methoxy groups -OCH3 is 1. The fourth-order valence-corrected chi connectivity index (χ4v) is 5.40. The second-order valence-corrected chi connectivity index (χ2v) is 10.3. The summed E-state index contributed by atoms with van der Waals surface area (Å²) >= 11 is 0. The minimum Gasteiger partial charge on any atom is -0.497 e. The smallest absolute Gasteiger partial charge is 0.251 e. The van der Waals surface area contributed by atoms with E-state index in [9.17, 15) is 13.2 Å². The number of rotatable bonds is 13. The third-order valence-electron chi connectivity index (χ3n) is 5.89. The Hall–Kier alpha value is -3.18. The van der Waals surface area contributed by atoms with E-state index in [0.717, 1.165) is 11.4 Å².